The van der Waals surface area contributed by atoms with E-state index in [1.54, 1.807) is 0 Å². The summed E-state index contributed by atoms with van der Waals surface area (Å²) in [7, 11) is 0. The lowest BCUT2D eigenvalue weighted by Gasteiger charge is -2.31. The second kappa shape index (κ2) is 7.24. The maximum atomic E-state index is 12.3. The van der Waals surface area contributed by atoms with Crippen molar-refractivity contribution in [3.8, 4) is 0 Å². The maximum Gasteiger partial charge on any atom is 0.228 e. The number of carbonyl (C=O) groups is 1. The molecule has 2 saturated heterocycles. The molecule has 0 saturated carbocycles. The lowest BCUT2D eigenvalue weighted by atomic mass is 10.0. The van der Waals surface area contributed by atoms with E-state index in [2.05, 4.69) is 33.3 Å². The summed E-state index contributed by atoms with van der Waals surface area (Å²) in [6, 6.07) is 0. The highest BCUT2D eigenvalue weighted by atomic mass is 16.2. The Balaban J connectivity index is 1.50. The Kier molecular flexibility index (Phi) is 5.10. The van der Waals surface area contributed by atoms with Gasteiger partial charge in [-0.3, -0.25) is 14.4 Å². The van der Waals surface area contributed by atoms with E-state index in [0.717, 1.165) is 65.2 Å². The van der Waals surface area contributed by atoms with Crippen molar-refractivity contribution in [3.05, 3.63) is 18.0 Å². The van der Waals surface area contributed by atoms with Crippen molar-refractivity contribution in [1.29, 1.82) is 0 Å². The Morgan fingerprint density at radius 2 is 2.18 bits per heavy atom. The molecule has 1 aromatic heterocycles. The van der Waals surface area contributed by atoms with Gasteiger partial charge in [0.2, 0.25) is 5.91 Å². The monoisotopic (exact) mass is 305 g/mol. The van der Waals surface area contributed by atoms with Crippen LogP contribution in [0.5, 0.6) is 0 Å². The number of amides is 1. The SMILES string of the molecule is CCCn1cc(CN2CCCN(C(=O)C3CNC3)CC2)cn1. The minimum atomic E-state index is 0.221. The summed E-state index contributed by atoms with van der Waals surface area (Å²) >= 11 is 0. The number of aromatic nitrogens is 2. The molecule has 22 heavy (non-hydrogen) atoms. The Labute approximate surface area is 132 Å². The molecule has 0 aliphatic carbocycles. The summed E-state index contributed by atoms with van der Waals surface area (Å²) in [4.78, 5) is 16.8. The highest BCUT2D eigenvalue weighted by molar-refractivity contribution is 5.80. The molecule has 0 aromatic carbocycles. The Hall–Kier alpha value is -1.40. The van der Waals surface area contributed by atoms with Crippen molar-refractivity contribution in [1.82, 2.24) is 24.9 Å². The molecule has 0 atom stereocenters. The highest BCUT2D eigenvalue weighted by Crippen LogP contribution is 2.13. The zero-order valence-electron chi connectivity index (χ0n) is 13.5. The van der Waals surface area contributed by atoms with Crippen LogP contribution in [0.15, 0.2) is 12.4 Å². The fraction of sp³-hybridized carbons (Fsp3) is 0.750. The zero-order valence-corrected chi connectivity index (χ0v) is 13.5. The van der Waals surface area contributed by atoms with Gasteiger partial charge in [0.05, 0.1) is 12.1 Å². The summed E-state index contributed by atoms with van der Waals surface area (Å²) in [5.41, 5.74) is 1.27. The van der Waals surface area contributed by atoms with Gasteiger partial charge >= 0.3 is 0 Å². The molecule has 0 radical (unpaired) electrons. The highest BCUT2D eigenvalue weighted by Gasteiger charge is 2.30. The number of aryl methyl sites for hydroxylation is 1. The molecular formula is C16H27N5O. The van der Waals surface area contributed by atoms with Crippen LogP contribution in [0.1, 0.15) is 25.3 Å². The van der Waals surface area contributed by atoms with Crippen molar-refractivity contribution < 1.29 is 4.79 Å². The van der Waals surface area contributed by atoms with E-state index in [1.807, 2.05) is 10.9 Å². The van der Waals surface area contributed by atoms with E-state index in [4.69, 9.17) is 0 Å². The smallest absolute Gasteiger partial charge is 0.228 e. The summed E-state index contributed by atoms with van der Waals surface area (Å²) < 4.78 is 2.02. The molecule has 2 fully saturated rings. The lowest BCUT2D eigenvalue weighted by molar-refractivity contribution is -0.136. The number of hydrogen-bond donors (Lipinski definition) is 1. The summed E-state index contributed by atoms with van der Waals surface area (Å²) in [6.45, 7) is 9.59. The Morgan fingerprint density at radius 3 is 2.91 bits per heavy atom. The molecule has 1 N–H and O–H groups in total. The molecule has 1 amide bonds. The molecule has 6 heteroatoms. The number of nitrogens with one attached hydrogen (secondary N) is 1. The van der Waals surface area contributed by atoms with Gasteiger partial charge < -0.3 is 10.2 Å². The van der Waals surface area contributed by atoms with Gasteiger partial charge in [-0.2, -0.15) is 5.10 Å². The topological polar surface area (TPSA) is 53.4 Å². The molecule has 122 valence electrons. The van der Waals surface area contributed by atoms with Crippen LogP contribution < -0.4 is 5.32 Å². The molecule has 0 unspecified atom stereocenters. The van der Waals surface area contributed by atoms with Gasteiger partial charge in [-0.15, -0.1) is 0 Å². The third-order valence-electron chi connectivity index (χ3n) is 4.58. The quantitative estimate of drug-likeness (QED) is 0.863. The molecule has 3 heterocycles. The first-order valence-electron chi connectivity index (χ1n) is 8.49. The first kappa shape index (κ1) is 15.5. The number of rotatable bonds is 5. The third kappa shape index (κ3) is 3.67. The van der Waals surface area contributed by atoms with E-state index in [1.165, 1.54) is 5.56 Å². The van der Waals surface area contributed by atoms with Crippen molar-refractivity contribution in [2.24, 2.45) is 5.92 Å². The third-order valence-corrected chi connectivity index (χ3v) is 4.58. The van der Waals surface area contributed by atoms with Gasteiger partial charge in [-0.1, -0.05) is 6.92 Å². The summed E-state index contributed by atoms with van der Waals surface area (Å²) in [5.74, 6) is 0.565. The van der Waals surface area contributed by atoms with E-state index >= 15 is 0 Å². The standard InChI is InChI=1S/C16H27N5O/c1-2-4-21-13-14(9-18-21)12-19-5-3-6-20(8-7-19)16(22)15-10-17-11-15/h9,13,15,17H,2-8,10-12H2,1H3. The van der Waals surface area contributed by atoms with Crippen LogP contribution in [0.4, 0.5) is 0 Å². The van der Waals surface area contributed by atoms with Gasteiger partial charge in [-0.05, 0) is 12.8 Å². The van der Waals surface area contributed by atoms with Crippen LogP contribution >= 0.6 is 0 Å². The summed E-state index contributed by atoms with van der Waals surface area (Å²) in [6.07, 6.45) is 6.30. The van der Waals surface area contributed by atoms with Crippen LogP contribution in [0.2, 0.25) is 0 Å². The van der Waals surface area contributed by atoms with E-state index < -0.39 is 0 Å². The van der Waals surface area contributed by atoms with E-state index in [-0.39, 0.29) is 5.92 Å². The van der Waals surface area contributed by atoms with Gasteiger partial charge in [0.25, 0.3) is 0 Å². The lowest BCUT2D eigenvalue weighted by Crippen LogP contribution is -2.52. The van der Waals surface area contributed by atoms with E-state index in [0.29, 0.717) is 5.91 Å². The zero-order chi connectivity index (χ0) is 15.4. The van der Waals surface area contributed by atoms with E-state index in [9.17, 15) is 4.79 Å². The Bertz CT molecular complexity index is 496. The maximum absolute atomic E-state index is 12.3. The fourth-order valence-corrected chi connectivity index (χ4v) is 3.17. The Morgan fingerprint density at radius 1 is 1.32 bits per heavy atom. The van der Waals surface area contributed by atoms with Gasteiger partial charge in [-0.25, -0.2) is 0 Å². The predicted octanol–water partition coefficient (Wildman–Crippen LogP) is 0.547. The van der Waals surface area contributed by atoms with Gasteiger partial charge in [0, 0.05) is 64.1 Å². The van der Waals surface area contributed by atoms with Crippen molar-refractivity contribution in [2.45, 2.75) is 32.9 Å². The van der Waals surface area contributed by atoms with Gasteiger partial charge in [0.15, 0.2) is 0 Å². The molecule has 1 aromatic rings. The molecule has 6 nitrogen and oxygen atoms in total. The average Bonchev–Trinajstić information content (AvgIpc) is 2.74. The normalized spacial score (nSPS) is 20.7. The molecule has 0 spiro atoms. The van der Waals surface area contributed by atoms with Crippen molar-refractivity contribution >= 4 is 5.91 Å². The van der Waals surface area contributed by atoms with Crippen LogP contribution in [0.3, 0.4) is 0 Å². The van der Waals surface area contributed by atoms with Gasteiger partial charge in [0.1, 0.15) is 0 Å². The van der Waals surface area contributed by atoms with Crippen LogP contribution in [-0.2, 0) is 17.9 Å². The largest absolute Gasteiger partial charge is 0.341 e. The minimum absolute atomic E-state index is 0.221. The van der Waals surface area contributed by atoms with Crippen LogP contribution in [0.25, 0.3) is 0 Å². The second-order valence-electron chi connectivity index (χ2n) is 6.42. The van der Waals surface area contributed by atoms with Crippen molar-refractivity contribution in [2.75, 3.05) is 39.3 Å². The molecular weight excluding hydrogens is 278 g/mol. The predicted molar refractivity (Wildman–Crippen MR) is 85.4 cm³/mol. The molecule has 2 aliphatic heterocycles. The number of nitrogens with zero attached hydrogens (tertiary/aromatic N) is 4. The summed E-state index contributed by atoms with van der Waals surface area (Å²) in [5, 5.41) is 7.58. The minimum Gasteiger partial charge on any atom is -0.341 e. The molecule has 3 rings (SSSR count). The fourth-order valence-electron chi connectivity index (χ4n) is 3.17. The van der Waals surface area contributed by atoms with Crippen LogP contribution in [0, 0.1) is 5.92 Å². The van der Waals surface area contributed by atoms with Crippen LogP contribution in [-0.4, -0.2) is 64.8 Å². The number of hydrogen-bond acceptors (Lipinski definition) is 4. The average molecular weight is 305 g/mol. The molecule has 0 bridgehead atoms. The number of carbonyl (C=O) groups excluding carboxylic acids is 1. The first-order chi connectivity index (χ1) is 10.8. The van der Waals surface area contributed by atoms with Crippen molar-refractivity contribution in [3.63, 3.8) is 0 Å². The second-order valence-corrected chi connectivity index (χ2v) is 6.42. The molecule has 2 aliphatic rings. The first-order valence-corrected chi connectivity index (χ1v) is 8.49.